The maximum absolute atomic E-state index is 0. The van der Waals surface area contributed by atoms with E-state index in [4.69, 9.17) is 0 Å². The summed E-state index contributed by atoms with van der Waals surface area (Å²) in [5.41, 5.74) is 0. The van der Waals surface area contributed by atoms with E-state index in [1.165, 1.54) is 0 Å². The normalized spacial score (nSPS) is 0. The molecule has 5 heavy (non-hydrogen) atoms. The van der Waals surface area contributed by atoms with Crippen molar-refractivity contribution in [2.75, 3.05) is 0 Å². The SMILES string of the molecule is C.C.C.[Ti].[Ti]. The van der Waals surface area contributed by atoms with Crippen LogP contribution >= 0.6 is 0 Å². The van der Waals surface area contributed by atoms with Crippen molar-refractivity contribution in [3.8, 4) is 0 Å². The predicted molar refractivity (Wildman–Crippen MR) is 20.2 cm³/mol. The van der Waals surface area contributed by atoms with Crippen LogP contribution in [0, 0.1) is 0 Å². The summed E-state index contributed by atoms with van der Waals surface area (Å²) in [6.07, 6.45) is 0. The zero-order chi connectivity index (χ0) is 0. The van der Waals surface area contributed by atoms with Gasteiger partial charge in [0, 0.05) is 43.4 Å². The molecule has 0 aromatic carbocycles. The van der Waals surface area contributed by atoms with E-state index in [2.05, 4.69) is 0 Å². The van der Waals surface area contributed by atoms with Gasteiger partial charge in [-0.1, -0.05) is 22.3 Å². The maximum Gasteiger partial charge on any atom is 0 e. The third-order valence-electron chi connectivity index (χ3n) is 0. The molecule has 0 aliphatic carbocycles. The summed E-state index contributed by atoms with van der Waals surface area (Å²) in [6.45, 7) is 0. The Bertz CT molecular complexity index is 4.85. The third kappa shape index (κ3) is 31.3. The van der Waals surface area contributed by atoms with Gasteiger partial charge in [-0.25, -0.2) is 0 Å². The first-order valence-electron chi connectivity index (χ1n) is 0. The first kappa shape index (κ1) is 92.8. The molecule has 0 saturated heterocycles. The van der Waals surface area contributed by atoms with Gasteiger partial charge in [-0.2, -0.15) is 0 Å². The van der Waals surface area contributed by atoms with Crippen molar-refractivity contribution in [1.82, 2.24) is 0 Å². The van der Waals surface area contributed by atoms with Crippen molar-refractivity contribution >= 4 is 0 Å². The Labute approximate surface area is 65.5 Å². The van der Waals surface area contributed by atoms with Gasteiger partial charge in [-0.15, -0.1) is 0 Å². The van der Waals surface area contributed by atoms with Gasteiger partial charge in [0.05, 0.1) is 0 Å². The van der Waals surface area contributed by atoms with Gasteiger partial charge >= 0.3 is 0 Å². The van der Waals surface area contributed by atoms with E-state index in [9.17, 15) is 0 Å². The molecule has 0 fully saturated rings. The Morgan fingerprint density at radius 2 is 0.400 bits per heavy atom. The summed E-state index contributed by atoms with van der Waals surface area (Å²) in [6, 6.07) is 0. The first-order chi connectivity index (χ1) is 0. The van der Waals surface area contributed by atoms with Crippen molar-refractivity contribution in [2.24, 2.45) is 0 Å². The molecular weight excluding hydrogens is 132 g/mol. The first-order valence-corrected chi connectivity index (χ1v) is 0. The van der Waals surface area contributed by atoms with Crippen LogP contribution in [0.15, 0.2) is 0 Å². The summed E-state index contributed by atoms with van der Waals surface area (Å²) in [4.78, 5) is 0. The predicted octanol–water partition coefficient (Wildman–Crippen LogP) is 1.90. The topological polar surface area (TPSA) is 0 Å². The molecule has 0 aliphatic heterocycles. The Morgan fingerprint density at radius 1 is 0.400 bits per heavy atom. The molecule has 0 bridgehead atoms. The Hall–Kier alpha value is 1.43. The second-order valence-electron chi connectivity index (χ2n) is 0. The molecule has 0 aromatic heterocycles. The molecule has 0 heterocycles. The standard InChI is InChI=1S/3CH4.2Ti/h3*1H4;;. The molecule has 2 heteroatoms. The molecule has 0 N–H and O–H groups in total. The van der Waals surface area contributed by atoms with Gasteiger partial charge < -0.3 is 0 Å². The van der Waals surface area contributed by atoms with E-state index in [1.54, 1.807) is 0 Å². The van der Waals surface area contributed by atoms with Crippen LogP contribution in [0.3, 0.4) is 0 Å². The van der Waals surface area contributed by atoms with Crippen LogP contribution < -0.4 is 0 Å². The van der Waals surface area contributed by atoms with Crippen LogP contribution in [0.5, 0.6) is 0 Å². The molecule has 0 aliphatic rings. The molecule has 0 unspecified atom stereocenters. The Balaban J connectivity index is 0. The largest absolute Gasteiger partial charge is 0.0776 e. The molecule has 0 spiro atoms. The number of hydrogen-bond acceptors (Lipinski definition) is 0. The fourth-order valence-corrected chi connectivity index (χ4v) is 0. The number of rotatable bonds is 0. The van der Waals surface area contributed by atoms with Crippen molar-refractivity contribution in [1.29, 1.82) is 0 Å². The van der Waals surface area contributed by atoms with Crippen LogP contribution in [0.2, 0.25) is 0 Å². The average Bonchev–Trinajstić information content (AvgIpc) is 0. The summed E-state index contributed by atoms with van der Waals surface area (Å²) >= 11 is 0. The molecule has 0 rings (SSSR count). The minimum atomic E-state index is 0. The van der Waals surface area contributed by atoms with Gasteiger partial charge in [0.1, 0.15) is 0 Å². The van der Waals surface area contributed by atoms with E-state index < -0.39 is 0 Å². The fourth-order valence-electron chi connectivity index (χ4n) is 0. The molecule has 32 valence electrons. The van der Waals surface area contributed by atoms with Crippen molar-refractivity contribution in [2.45, 2.75) is 22.3 Å². The van der Waals surface area contributed by atoms with Gasteiger partial charge in [0.25, 0.3) is 0 Å². The van der Waals surface area contributed by atoms with Crippen LogP contribution in [-0.4, -0.2) is 0 Å². The van der Waals surface area contributed by atoms with Crippen molar-refractivity contribution in [3.63, 3.8) is 0 Å². The van der Waals surface area contributed by atoms with Crippen LogP contribution in [-0.2, 0) is 43.4 Å². The zero-order valence-corrected chi connectivity index (χ0v) is 4.12. The van der Waals surface area contributed by atoms with Crippen molar-refractivity contribution in [3.05, 3.63) is 0 Å². The summed E-state index contributed by atoms with van der Waals surface area (Å²) < 4.78 is 0. The monoisotopic (exact) mass is 144 g/mol. The zero-order valence-electron chi connectivity index (χ0n) is 1.00. The molecule has 0 amide bonds. The van der Waals surface area contributed by atoms with E-state index in [1.807, 2.05) is 0 Å². The summed E-state index contributed by atoms with van der Waals surface area (Å²) in [7, 11) is 0. The average molecular weight is 144 g/mol. The molecular formula is C3H12Ti2. The van der Waals surface area contributed by atoms with Crippen molar-refractivity contribution < 1.29 is 43.4 Å². The van der Waals surface area contributed by atoms with E-state index in [-0.39, 0.29) is 65.7 Å². The molecule has 0 saturated carbocycles. The molecule has 0 atom stereocenters. The summed E-state index contributed by atoms with van der Waals surface area (Å²) in [5.74, 6) is 0. The fraction of sp³-hybridized carbons (Fsp3) is 1.00. The van der Waals surface area contributed by atoms with Crippen LogP contribution in [0.4, 0.5) is 0 Å². The minimum absolute atomic E-state index is 0. The van der Waals surface area contributed by atoms with E-state index in [0.29, 0.717) is 0 Å². The van der Waals surface area contributed by atoms with Gasteiger partial charge in [-0.3, -0.25) is 0 Å². The van der Waals surface area contributed by atoms with E-state index in [0.717, 1.165) is 0 Å². The third-order valence-corrected chi connectivity index (χ3v) is 0. The Kier molecular flexibility index (Phi) is 969. The Morgan fingerprint density at radius 3 is 0.400 bits per heavy atom. The molecule has 0 aromatic rings. The maximum atomic E-state index is 0. The smallest absolute Gasteiger partial charge is 0 e. The molecule has 0 radical (unpaired) electrons. The van der Waals surface area contributed by atoms with Crippen LogP contribution in [0.1, 0.15) is 22.3 Å². The second kappa shape index (κ2) is 52.2. The summed E-state index contributed by atoms with van der Waals surface area (Å²) in [5, 5.41) is 0. The minimum Gasteiger partial charge on any atom is -0.0776 e. The number of hydrogen-bond donors (Lipinski definition) is 0. The van der Waals surface area contributed by atoms with Crippen LogP contribution in [0.25, 0.3) is 0 Å². The van der Waals surface area contributed by atoms with Gasteiger partial charge in [0.2, 0.25) is 0 Å². The van der Waals surface area contributed by atoms with E-state index >= 15 is 0 Å². The van der Waals surface area contributed by atoms with Gasteiger partial charge in [-0.05, 0) is 0 Å². The quantitative estimate of drug-likeness (QED) is 0.455. The second-order valence-corrected chi connectivity index (χ2v) is 0. The van der Waals surface area contributed by atoms with Gasteiger partial charge in [0.15, 0.2) is 0 Å². The molecule has 0 nitrogen and oxygen atoms in total.